The van der Waals surface area contributed by atoms with Gasteiger partial charge in [-0.15, -0.1) is 0 Å². The van der Waals surface area contributed by atoms with Crippen LogP contribution < -0.4 is 0 Å². The Labute approximate surface area is 106 Å². The molecule has 0 spiro atoms. The molecule has 1 aliphatic carbocycles. The van der Waals surface area contributed by atoms with Crippen molar-refractivity contribution in [2.45, 2.75) is 30.7 Å². The van der Waals surface area contributed by atoms with Gasteiger partial charge in [-0.1, -0.05) is 0 Å². The van der Waals surface area contributed by atoms with E-state index in [2.05, 4.69) is 0 Å². The summed E-state index contributed by atoms with van der Waals surface area (Å²) in [7, 11) is -3.70. The quantitative estimate of drug-likeness (QED) is 0.782. The van der Waals surface area contributed by atoms with E-state index in [9.17, 15) is 12.8 Å². The average molecular weight is 268 g/mol. The lowest BCUT2D eigenvalue weighted by atomic mass is 10.2. The molecule has 0 N–H and O–H groups in total. The van der Waals surface area contributed by atoms with Crippen molar-refractivity contribution in [1.82, 2.24) is 4.31 Å². The molecule has 0 aromatic heterocycles. The topological polar surface area (TPSA) is 61.2 Å². The van der Waals surface area contributed by atoms with Crippen molar-refractivity contribution in [3.8, 4) is 6.07 Å². The number of nitriles is 1. The molecule has 0 amide bonds. The summed E-state index contributed by atoms with van der Waals surface area (Å²) >= 11 is 0. The summed E-state index contributed by atoms with van der Waals surface area (Å²) in [6, 6.07) is 5.35. The Kier molecular flexibility index (Phi) is 3.37. The van der Waals surface area contributed by atoms with E-state index in [4.69, 9.17) is 5.26 Å². The minimum absolute atomic E-state index is 0.0750. The SMILES string of the molecule is Cc1cc(F)ccc1S(=O)(=O)N(CC#N)C1CC1. The number of sulfonamides is 1. The fourth-order valence-electron chi connectivity index (χ4n) is 1.87. The molecule has 6 heteroatoms. The molecule has 2 rings (SSSR count). The van der Waals surface area contributed by atoms with Crippen LogP contribution in [0.4, 0.5) is 4.39 Å². The van der Waals surface area contributed by atoms with Crippen LogP contribution in [0.5, 0.6) is 0 Å². The second-order valence-electron chi connectivity index (χ2n) is 4.35. The molecule has 4 nitrogen and oxygen atoms in total. The van der Waals surface area contributed by atoms with Gasteiger partial charge < -0.3 is 0 Å². The first-order valence-corrected chi connectivity index (χ1v) is 7.06. The molecule has 1 aromatic carbocycles. The van der Waals surface area contributed by atoms with Gasteiger partial charge in [0.05, 0.1) is 11.0 Å². The van der Waals surface area contributed by atoms with E-state index in [1.165, 1.54) is 16.4 Å². The van der Waals surface area contributed by atoms with Gasteiger partial charge in [0.2, 0.25) is 10.0 Å². The summed E-state index contributed by atoms with van der Waals surface area (Å²) in [6.45, 7) is 1.39. The first-order valence-electron chi connectivity index (χ1n) is 5.62. The monoisotopic (exact) mass is 268 g/mol. The number of rotatable bonds is 4. The molecule has 1 fully saturated rings. The molecule has 1 saturated carbocycles. The van der Waals surface area contributed by atoms with Crippen molar-refractivity contribution in [3.05, 3.63) is 29.6 Å². The van der Waals surface area contributed by atoms with Crippen molar-refractivity contribution >= 4 is 10.0 Å². The smallest absolute Gasteiger partial charge is 0.207 e. The summed E-state index contributed by atoms with van der Waals surface area (Å²) in [5.41, 5.74) is 0.360. The molecular weight excluding hydrogens is 255 g/mol. The molecular formula is C12H13FN2O2S. The Balaban J connectivity index is 2.43. The van der Waals surface area contributed by atoms with Crippen molar-refractivity contribution in [2.24, 2.45) is 0 Å². The van der Waals surface area contributed by atoms with Crippen LogP contribution in [0.2, 0.25) is 0 Å². The second kappa shape index (κ2) is 4.67. The zero-order valence-electron chi connectivity index (χ0n) is 9.93. The standard InChI is InChI=1S/C12H13FN2O2S/c1-9-8-10(13)2-5-12(9)18(16,17)15(7-6-14)11-3-4-11/h2,5,8,11H,3-4,7H2,1H3. The Morgan fingerprint density at radius 2 is 2.17 bits per heavy atom. The van der Waals surface area contributed by atoms with Crippen LogP contribution in [-0.4, -0.2) is 25.3 Å². The highest BCUT2D eigenvalue weighted by Crippen LogP contribution is 2.32. The molecule has 1 aromatic rings. The van der Waals surface area contributed by atoms with E-state index in [-0.39, 0.29) is 17.5 Å². The van der Waals surface area contributed by atoms with Crippen LogP contribution in [0.3, 0.4) is 0 Å². The van der Waals surface area contributed by atoms with E-state index >= 15 is 0 Å². The fraction of sp³-hybridized carbons (Fsp3) is 0.417. The molecule has 0 atom stereocenters. The number of hydrogen-bond acceptors (Lipinski definition) is 3. The van der Waals surface area contributed by atoms with Gasteiger partial charge in [0.15, 0.2) is 0 Å². The third kappa shape index (κ3) is 2.37. The molecule has 1 aliphatic rings. The third-order valence-electron chi connectivity index (χ3n) is 2.90. The van der Waals surface area contributed by atoms with Gasteiger partial charge in [-0.05, 0) is 43.5 Å². The minimum Gasteiger partial charge on any atom is -0.207 e. The Morgan fingerprint density at radius 1 is 1.50 bits per heavy atom. The fourth-order valence-corrected chi connectivity index (χ4v) is 3.66. The van der Waals surface area contributed by atoms with Crippen LogP contribution in [0.1, 0.15) is 18.4 Å². The van der Waals surface area contributed by atoms with Crippen LogP contribution in [-0.2, 0) is 10.0 Å². The van der Waals surface area contributed by atoms with E-state index in [1.807, 2.05) is 6.07 Å². The van der Waals surface area contributed by atoms with E-state index in [1.54, 1.807) is 6.92 Å². The van der Waals surface area contributed by atoms with E-state index in [0.29, 0.717) is 5.56 Å². The molecule has 0 bridgehead atoms. The van der Waals surface area contributed by atoms with Crippen molar-refractivity contribution in [2.75, 3.05) is 6.54 Å². The number of nitrogens with zero attached hydrogens (tertiary/aromatic N) is 2. The molecule has 0 unspecified atom stereocenters. The maximum atomic E-state index is 13.0. The highest BCUT2D eigenvalue weighted by molar-refractivity contribution is 7.89. The first kappa shape index (κ1) is 13.0. The van der Waals surface area contributed by atoms with Gasteiger partial charge in [0.25, 0.3) is 0 Å². The summed E-state index contributed by atoms with van der Waals surface area (Å²) in [5.74, 6) is -0.468. The average Bonchev–Trinajstić information content (AvgIpc) is 3.08. The normalized spacial score (nSPS) is 15.7. The predicted molar refractivity (Wildman–Crippen MR) is 63.7 cm³/mol. The van der Waals surface area contributed by atoms with Gasteiger partial charge in [0, 0.05) is 6.04 Å². The van der Waals surface area contributed by atoms with Gasteiger partial charge in [-0.25, -0.2) is 12.8 Å². The van der Waals surface area contributed by atoms with Gasteiger partial charge in [0.1, 0.15) is 12.4 Å². The number of halogens is 1. The number of benzene rings is 1. The maximum Gasteiger partial charge on any atom is 0.244 e. The lowest BCUT2D eigenvalue weighted by Crippen LogP contribution is -2.33. The Morgan fingerprint density at radius 3 is 2.67 bits per heavy atom. The van der Waals surface area contributed by atoms with Crippen molar-refractivity contribution < 1.29 is 12.8 Å². The van der Waals surface area contributed by atoms with Gasteiger partial charge in [-0.3, -0.25) is 0 Å². The number of hydrogen-bond donors (Lipinski definition) is 0. The van der Waals surface area contributed by atoms with Crippen molar-refractivity contribution in [3.63, 3.8) is 0 Å². The maximum absolute atomic E-state index is 13.0. The summed E-state index contributed by atoms with van der Waals surface area (Å²) in [5, 5.41) is 8.72. The zero-order chi connectivity index (χ0) is 13.3. The summed E-state index contributed by atoms with van der Waals surface area (Å²) in [6.07, 6.45) is 1.56. The highest BCUT2D eigenvalue weighted by Gasteiger charge is 2.38. The van der Waals surface area contributed by atoms with Crippen LogP contribution in [0, 0.1) is 24.1 Å². The molecule has 18 heavy (non-hydrogen) atoms. The van der Waals surface area contributed by atoms with Crippen LogP contribution in [0.25, 0.3) is 0 Å². The van der Waals surface area contributed by atoms with E-state index in [0.717, 1.165) is 18.9 Å². The molecule has 0 saturated heterocycles. The molecule has 0 radical (unpaired) electrons. The predicted octanol–water partition coefficient (Wildman–Crippen LogP) is 1.81. The van der Waals surface area contributed by atoms with Gasteiger partial charge in [-0.2, -0.15) is 9.57 Å². The van der Waals surface area contributed by atoms with Crippen molar-refractivity contribution in [1.29, 1.82) is 5.26 Å². The molecule has 96 valence electrons. The lowest BCUT2D eigenvalue weighted by molar-refractivity contribution is 0.438. The van der Waals surface area contributed by atoms with Gasteiger partial charge >= 0.3 is 0 Å². The highest BCUT2D eigenvalue weighted by atomic mass is 32.2. The molecule has 0 aliphatic heterocycles. The first-order chi connectivity index (χ1) is 8.46. The summed E-state index contributed by atoms with van der Waals surface area (Å²) < 4.78 is 39.0. The Bertz CT molecular complexity index is 603. The third-order valence-corrected chi connectivity index (χ3v) is 4.96. The zero-order valence-corrected chi connectivity index (χ0v) is 10.7. The van der Waals surface area contributed by atoms with Crippen LogP contribution in [0.15, 0.2) is 23.1 Å². The van der Waals surface area contributed by atoms with Crippen LogP contribution >= 0.6 is 0 Å². The minimum atomic E-state index is -3.70. The number of aryl methyl sites for hydroxylation is 1. The second-order valence-corrected chi connectivity index (χ2v) is 6.21. The largest absolute Gasteiger partial charge is 0.244 e. The van der Waals surface area contributed by atoms with E-state index < -0.39 is 15.8 Å². The lowest BCUT2D eigenvalue weighted by Gasteiger charge is -2.19. The summed E-state index contributed by atoms with van der Waals surface area (Å²) in [4.78, 5) is 0.0750. The molecule has 0 heterocycles. The Hall–Kier alpha value is -1.45.